The third-order valence-corrected chi connectivity index (χ3v) is 3.32. The number of nitrogens with one attached hydrogen (secondary N) is 2. The predicted octanol–water partition coefficient (Wildman–Crippen LogP) is 0.633. The largest absolute Gasteiger partial charge is 0.334 e. The summed E-state index contributed by atoms with van der Waals surface area (Å²) in [5.41, 5.74) is -0.0965. The fourth-order valence-corrected chi connectivity index (χ4v) is 1.98. The Hall–Kier alpha value is -2.37. The highest BCUT2D eigenvalue weighted by atomic mass is 16.2. The highest BCUT2D eigenvalue weighted by Crippen LogP contribution is 2.18. The van der Waals surface area contributed by atoms with Crippen molar-refractivity contribution in [2.24, 2.45) is 0 Å². The van der Waals surface area contributed by atoms with Gasteiger partial charge in [-0.15, -0.1) is 0 Å². The topological polar surface area (TPSA) is 78.5 Å². The van der Waals surface area contributed by atoms with E-state index in [1.54, 1.807) is 13.8 Å². The second kappa shape index (κ2) is 5.32. The zero-order valence-corrected chi connectivity index (χ0v) is 11.5. The predicted molar refractivity (Wildman–Crippen MR) is 72.6 cm³/mol. The first-order chi connectivity index (χ1) is 9.41. The van der Waals surface area contributed by atoms with Gasteiger partial charge in [0.25, 0.3) is 5.91 Å². The molecule has 0 bridgehead atoms. The molecule has 0 radical (unpaired) electrons. The van der Waals surface area contributed by atoms with Crippen molar-refractivity contribution in [3.8, 4) is 0 Å². The Morgan fingerprint density at radius 1 is 1.30 bits per heavy atom. The van der Waals surface area contributed by atoms with Gasteiger partial charge in [-0.3, -0.25) is 14.9 Å². The average Bonchev–Trinajstić information content (AvgIpc) is 2.41. The van der Waals surface area contributed by atoms with Crippen LogP contribution < -0.4 is 10.6 Å². The molecule has 2 rings (SSSR count). The second-order valence-corrected chi connectivity index (χ2v) is 5.17. The van der Waals surface area contributed by atoms with Crippen LogP contribution in [0, 0.1) is 0 Å². The van der Waals surface area contributed by atoms with Gasteiger partial charge < -0.3 is 10.2 Å². The molecule has 6 nitrogen and oxygen atoms in total. The molecule has 2 N–H and O–H groups in total. The maximum Gasteiger partial charge on any atom is 0.319 e. The average molecular weight is 275 g/mol. The highest BCUT2D eigenvalue weighted by molar-refractivity contribution is 6.05. The zero-order chi connectivity index (χ0) is 14.8. The molecule has 1 saturated heterocycles. The summed E-state index contributed by atoms with van der Waals surface area (Å²) in [4.78, 5) is 36.6. The van der Waals surface area contributed by atoms with Crippen molar-refractivity contribution in [3.63, 3.8) is 0 Å². The highest BCUT2D eigenvalue weighted by Gasteiger charge is 2.43. The van der Waals surface area contributed by atoms with Gasteiger partial charge in [0, 0.05) is 6.54 Å². The van der Waals surface area contributed by atoms with Crippen molar-refractivity contribution in [1.29, 1.82) is 0 Å². The number of amides is 4. The van der Waals surface area contributed by atoms with E-state index in [0.717, 1.165) is 5.56 Å². The lowest BCUT2D eigenvalue weighted by molar-refractivity contribution is -0.142. The monoisotopic (exact) mass is 275 g/mol. The van der Waals surface area contributed by atoms with Crippen molar-refractivity contribution in [1.82, 2.24) is 15.5 Å². The third-order valence-electron chi connectivity index (χ3n) is 3.32. The van der Waals surface area contributed by atoms with E-state index in [0.29, 0.717) is 6.54 Å². The van der Waals surface area contributed by atoms with Gasteiger partial charge in [-0.2, -0.15) is 0 Å². The van der Waals surface area contributed by atoms with E-state index >= 15 is 0 Å². The molecule has 1 aromatic carbocycles. The number of nitrogens with zero attached hydrogens (tertiary/aromatic N) is 1. The molecule has 0 spiro atoms. The van der Waals surface area contributed by atoms with Crippen molar-refractivity contribution >= 4 is 17.8 Å². The number of rotatable bonds is 2. The Kier molecular flexibility index (Phi) is 3.74. The van der Waals surface area contributed by atoms with Crippen LogP contribution in [-0.4, -0.2) is 34.8 Å². The summed E-state index contributed by atoms with van der Waals surface area (Å²) in [5.74, 6) is -0.937. The number of carbonyl (C=O) groups excluding carboxylic acids is 3. The quantitative estimate of drug-likeness (QED) is 0.777. The van der Waals surface area contributed by atoms with E-state index in [1.807, 2.05) is 30.3 Å². The molecule has 0 unspecified atom stereocenters. The van der Waals surface area contributed by atoms with Gasteiger partial charge in [-0.1, -0.05) is 30.3 Å². The van der Waals surface area contributed by atoms with Crippen LogP contribution in [0.5, 0.6) is 0 Å². The van der Waals surface area contributed by atoms with E-state index in [2.05, 4.69) is 10.6 Å². The van der Waals surface area contributed by atoms with Gasteiger partial charge in [-0.05, 0) is 19.4 Å². The number of carbonyl (C=O) groups is 3. The normalized spacial score (nSPS) is 17.6. The lowest BCUT2D eigenvalue weighted by atomic mass is 9.99. The molecular formula is C14H17N3O3. The molecule has 106 valence electrons. The summed E-state index contributed by atoms with van der Waals surface area (Å²) in [6.45, 7) is 3.44. The van der Waals surface area contributed by atoms with Gasteiger partial charge in [0.05, 0.1) is 0 Å². The van der Waals surface area contributed by atoms with Gasteiger partial charge in [-0.25, -0.2) is 4.79 Å². The molecule has 1 heterocycles. The van der Waals surface area contributed by atoms with E-state index in [4.69, 9.17) is 0 Å². The minimum atomic E-state index is -1.05. The summed E-state index contributed by atoms with van der Waals surface area (Å²) in [5, 5.41) is 4.95. The number of hydrogen-bond donors (Lipinski definition) is 2. The minimum Gasteiger partial charge on any atom is -0.334 e. The van der Waals surface area contributed by atoms with Crippen molar-refractivity contribution in [2.45, 2.75) is 25.9 Å². The molecule has 1 aliphatic rings. The number of urea groups is 1. The van der Waals surface area contributed by atoms with Gasteiger partial charge >= 0.3 is 6.03 Å². The van der Waals surface area contributed by atoms with Crippen molar-refractivity contribution < 1.29 is 14.4 Å². The second-order valence-electron chi connectivity index (χ2n) is 5.17. The number of piperazine rings is 1. The Morgan fingerprint density at radius 2 is 1.95 bits per heavy atom. The van der Waals surface area contributed by atoms with Crippen LogP contribution in [0.2, 0.25) is 0 Å². The fraction of sp³-hybridized carbons (Fsp3) is 0.357. The van der Waals surface area contributed by atoms with Gasteiger partial charge in [0.15, 0.2) is 0 Å². The zero-order valence-electron chi connectivity index (χ0n) is 11.5. The Balaban J connectivity index is 2.04. The SMILES string of the molecule is CC1(C)C(=O)NC(=O)CN1C(=O)NCc1ccccc1. The summed E-state index contributed by atoms with van der Waals surface area (Å²) in [6.07, 6.45) is 0. The number of imide groups is 1. The van der Waals surface area contributed by atoms with Crippen LogP contribution in [0.1, 0.15) is 19.4 Å². The van der Waals surface area contributed by atoms with Gasteiger partial charge in [0.2, 0.25) is 5.91 Å². The standard InChI is InChI=1S/C14H17N3O3/c1-14(2)12(19)16-11(18)9-17(14)13(20)15-8-10-6-4-3-5-7-10/h3-7H,8-9H2,1-2H3,(H,15,20)(H,16,18,19). The van der Waals surface area contributed by atoms with E-state index in [-0.39, 0.29) is 6.54 Å². The summed E-state index contributed by atoms with van der Waals surface area (Å²) >= 11 is 0. The van der Waals surface area contributed by atoms with Crippen LogP contribution in [0.4, 0.5) is 4.79 Å². The molecular weight excluding hydrogens is 258 g/mol. The Labute approximate surface area is 117 Å². The van der Waals surface area contributed by atoms with Crippen LogP contribution in [0.25, 0.3) is 0 Å². The maximum atomic E-state index is 12.2. The Bertz CT molecular complexity index is 540. The number of benzene rings is 1. The van der Waals surface area contributed by atoms with E-state index in [9.17, 15) is 14.4 Å². The molecule has 1 aromatic rings. The first-order valence-electron chi connectivity index (χ1n) is 6.35. The summed E-state index contributed by atoms with van der Waals surface area (Å²) in [6, 6.07) is 9.00. The van der Waals surface area contributed by atoms with Crippen molar-refractivity contribution in [2.75, 3.05) is 6.54 Å². The molecule has 1 fully saturated rings. The third kappa shape index (κ3) is 2.79. The molecule has 1 aliphatic heterocycles. The van der Waals surface area contributed by atoms with Gasteiger partial charge in [0.1, 0.15) is 12.1 Å². The molecule has 20 heavy (non-hydrogen) atoms. The van der Waals surface area contributed by atoms with Crippen LogP contribution in [-0.2, 0) is 16.1 Å². The summed E-state index contributed by atoms with van der Waals surface area (Å²) < 4.78 is 0. The maximum absolute atomic E-state index is 12.2. The Morgan fingerprint density at radius 3 is 2.60 bits per heavy atom. The van der Waals surface area contributed by atoms with Crippen LogP contribution in [0.15, 0.2) is 30.3 Å². The molecule has 6 heteroatoms. The fourth-order valence-electron chi connectivity index (χ4n) is 1.98. The molecule has 0 aliphatic carbocycles. The summed E-state index contributed by atoms with van der Waals surface area (Å²) in [7, 11) is 0. The number of hydrogen-bond acceptors (Lipinski definition) is 3. The van der Waals surface area contributed by atoms with E-state index in [1.165, 1.54) is 4.90 Å². The molecule has 0 aromatic heterocycles. The smallest absolute Gasteiger partial charge is 0.319 e. The molecule has 0 atom stereocenters. The first-order valence-corrected chi connectivity index (χ1v) is 6.35. The molecule has 0 saturated carbocycles. The van der Waals surface area contributed by atoms with Crippen molar-refractivity contribution in [3.05, 3.63) is 35.9 Å². The molecule has 4 amide bonds. The first kappa shape index (κ1) is 14.0. The lowest BCUT2D eigenvalue weighted by Crippen LogP contribution is -2.66. The van der Waals surface area contributed by atoms with Crippen LogP contribution in [0.3, 0.4) is 0 Å². The van der Waals surface area contributed by atoms with E-state index < -0.39 is 23.4 Å². The minimum absolute atomic E-state index is 0.126. The lowest BCUT2D eigenvalue weighted by Gasteiger charge is -2.39. The van der Waals surface area contributed by atoms with Crippen LogP contribution >= 0.6 is 0 Å².